The van der Waals surface area contributed by atoms with E-state index in [2.05, 4.69) is 44.6 Å². The van der Waals surface area contributed by atoms with Crippen LogP contribution in [0.15, 0.2) is 17.1 Å². The monoisotopic (exact) mass is 497 g/mol. The fraction of sp³-hybridized carbons (Fsp3) is 0.474. The molecule has 0 unspecified atom stereocenters. The van der Waals surface area contributed by atoms with Crippen molar-refractivity contribution >= 4 is 33.6 Å². The fourth-order valence-electron chi connectivity index (χ4n) is 2.93. The van der Waals surface area contributed by atoms with Gasteiger partial charge in [0.1, 0.15) is 11.3 Å². The zero-order valence-corrected chi connectivity index (χ0v) is 18.4. The molecule has 0 aliphatic heterocycles. The smallest absolute Gasteiger partial charge is 0.279 e. The second-order valence-corrected chi connectivity index (χ2v) is 7.58. The van der Waals surface area contributed by atoms with Gasteiger partial charge in [0.25, 0.3) is 5.56 Å². The molecule has 0 saturated heterocycles. The van der Waals surface area contributed by atoms with E-state index in [9.17, 15) is 4.79 Å². The fourth-order valence-corrected chi connectivity index (χ4v) is 3.38. The van der Waals surface area contributed by atoms with Gasteiger partial charge < -0.3 is 14.5 Å². The summed E-state index contributed by atoms with van der Waals surface area (Å²) in [5, 5.41) is 4.44. The lowest BCUT2D eigenvalue weighted by molar-refractivity contribution is 0.183. The maximum absolute atomic E-state index is 12.7. The number of rotatable bonds is 9. The molecule has 0 saturated carbocycles. The molecule has 0 amide bonds. The van der Waals surface area contributed by atoms with Crippen LogP contribution in [0.1, 0.15) is 32.4 Å². The summed E-state index contributed by atoms with van der Waals surface area (Å²) in [5.41, 5.74) is 2.25. The molecule has 9 heteroatoms. The van der Waals surface area contributed by atoms with Crippen LogP contribution in [0.5, 0.6) is 5.88 Å². The van der Waals surface area contributed by atoms with E-state index in [0.717, 1.165) is 22.1 Å². The van der Waals surface area contributed by atoms with Crippen LogP contribution in [0.3, 0.4) is 0 Å². The lowest BCUT2D eigenvalue weighted by atomic mass is 10.2. The molecule has 0 aromatic carbocycles. The number of pyridine rings is 1. The molecule has 3 heterocycles. The highest BCUT2D eigenvalue weighted by atomic mass is 127. The Morgan fingerprint density at radius 3 is 2.79 bits per heavy atom. The van der Waals surface area contributed by atoms with Gasteiger partial charge in [-0.3, -0.25) is 9.48 Å². The van der Waals surface area contributed by atoms with Gasteiger partial charge in [0.2, 0.25) is 5.88 Å². The first-order valence-corrected chi connectivity index (χ1v) is 10.4. The summed E-state index contributed by atoms with van der Waals surface area (Å²) in [5.74, 6) is 0.914. The molecule has 28 heavy (non-hydrogen) atoms. The molecule has 0 spiro atoms. The molecule has 0 aliphatic carbocycles. The van der Waals surface area contributed by atoms with Crippen LogP contribution in [0.4, 0.5) is 0 Å². The van der Waals surface area contributed by atoms with Crippen molar-refractivity contribution in [2.24, 2.45) is 0 Å². The number of aromatic nitrogens is 5. The molecular formula is C19H24IN5O3. The number of hydrogen-bond donors (Lipinski definition) is 1. The molecule has 0 fully saturated rings. The summed E-state index contributed by atoms with van der Waals surface area (Å²) in [6, 6.07) is 1.92. The number of ether oxygens (including phenoxy) is 2. The number of nitrogens with one attached hydrogen (secondary N) is 1. The Labute approximate surface area is 176 Å². The van der Waals surface area contributed by atoms with Gasteiger partial charge in [-0.2, -0.15) is 5.10 Å². The van der Waals surface area contributed by atoms with Gasteiger partial charge in [0, 0.05) is 16.9 Å². The highest BCUT2D eigenvalue weighted by Crippen LogP contribution is 2.28. The van der Waals surface area contributed by atoms with Gasteiger partial charge in [0.15, 0.2) is 5.52 Å². The van der Waals surface area contributed by atoms with E-state index in [1.54, 1.807) is 18.0 Å². The molecule has 0 atom stereocenters. The SMILES string of the molecule is CCCCOc1ncc(I)cc1-c1nc2c(CC)n(CCOC)nc2c(=O)[nH]1. The molecule has 150 valence electrons. The average molecular weight is 497 g/mol. The number of fused-ring (bicyclic) bond motifs is 1. The number of nitrogens with zero attached hydrogens (tertiary/aromatic N) is 4. The Balaban J connectivity index is 2.11. The predicted molar refractivity (Wildman–Crippen MR) is 116 cm³/mol. The summed E-state index contributed by atoms with van der Waals surface area (Å²) >= 11 is 2.19. The molecule has 0 aliphatic rings. The molecule has 1 N–H and O–H groups in total. The number of unbranched alkanes of at least 4 members (excludes halogenated alkanes) is 1. The first kappa shape index (κ1) is 20.7. The van der Waals surface area contributed by atoms with Crippen molar-refractivity contribution in [1.82, 2.24) is 24.7 Å². The second kappa shape index (κ2) is 9.46. The first-order valence-electron chi connectivity index (χ1n) is 9.36. The van der Waals surface area contributed by atoms with Crippen LogP contribution in [0, 0.1) is 3.57 Å². The zero-order chi connectivity index (χ0) is 20.1. The van der Waals surface area contributed by atoms with Crippen molar-refractivity contribution in [3.63, 3.8) is 0 Å². The summed E-state index contributed by atoms with van der Waals surface area (Å²) in [6.45, 7) is 5.78. The van der Waals surface area contributed by atoms with Crippen LogP contribution in [-0.4, -0.2) is 45.1 Å². The molecule has 3 rings (SSSR count). The number of hydrogen-bond acceptors (Lipinski definition) is 6. The van der Waals surface area contributed by atoms with E-state index in [1.165, 1.54) is 0 Å². The van der Waals surface area contributed by atoms with E-state index in [0.29, 0.717) is 54.5 Å². The first-order chi connectivity index (χ1) is 13.6. The third-order valence-corrected chi connectivity index (χ3v) is 4.94. The maximum Gasteiger partial charge on any atom is 0.279 e. The van der Waals surface area contributed by atoms with E-state index in [4.69, 9.17) is 14.5 Å². The van der Waals surface area contributed by atoms with Crippen LogP contribution in [0.2, 0.25) is 0 Å². The minimum absolute atomic E-state index is 0.274. The average Bonchev–Trinajstić information content (AvgIpc) is 3.05. The third kappa shape index (κ3) is 4.35. The van der Waals surface area contributed by atoms with Gasteiger partial charge >= 0.3 is 0 Å². The summed E-state index contributed by atoms with van der Waals surface area (Å²) < 4.78 is 13.7. The van der Waals surface area contributed by atoms with E-state index < -0.39 is 0 Å². The number of halogens is 1. The number of methoxy groups -OCH3 is 1. The van der Waals surface area contributed by atoms with Crippen molar-refractivity contribution < 1.29 is 9.47 Å². The van der Waals surface area contributed by atoms with Gasteiger partial charge in [0.05, 0.1) is 31.0 Å². The topological polar surface area (TPSA) is 94.9 Å². The highest BCUT2D eigenvalue weighted by Gasteiger charge is 2.18. The van der Waals surface area contributed by atoms with Crippen molar-refractivity contribution in [2.75, 3.05) is 20.3 Å². The molecule has 3 aromatic heterocycles. The van der Waals surface area contributed by atoms with Gasteiger partial charge in [-0.25, -0.2) is 9.97 Å². The number of aromatic amines is 1. The van der Waals surface area contributed by atoms with Crippen LogP contribution < -0.4 is 10.3 Å². The molecule has 3 aromatic rings. The van der Waals surface area contributed by atoms with E-state index in [-0.39, 0.29) is 5.56 Å². The van der Waals surface area contributed by atoms with Crippen LogP contribution >= 0.6 is 22.6 Å². The Bertz CT molecular complexity index is 1010. The minimum atomic E-state index is -0.274. The zero-order valence-electron chi connectivity index (χ0n) is 16.3. The largest absolute Gasteiger partial charge is 0.477 e. The summed E-state index contributed by atoms with van der Waals surface area (Å²) in [6.07, 6.45) is 4.41. The third-order valence-electron chi connectivity index (χ3n) is 4.35. The van der Waals surface area contributed by atoms with Crippen molar-refractivity contribution in [1.29, 1.82) is 0 Å². The maximum atomic E-state index is 12.7. The summed E-state index contributed by atoms with van der Waals surface area (Å²) in [7, 11) is 1.64. The van der Waals surface area contributed by atoms with E-state index in [1.807, 2.05) is 13.0 Å². The Hall–Kier alpha value is -2.01. The van der Waals surface area contributed by atoms with Crippen molar-refractivity contribution in [3.8, 4) is 17.3 Å². The Morgan fingerprint density at radius 2 is 2.07 bits per heavy atom. The highest BCUT2D eigenvalue weighted by molar-refractivity contribution is 14.1. The Morgan fingerprint density at radius 1 is 1.25 bits per heavy atom. The number of aryl methyl sites for hydroxylation is 1. The molecular weight excluding hydrogens is 473 g/mol. The van der Waals surface area contributed by atoms with Crippen molar-refractivity contribution in [3.05, 3.63) is 31.9 Å². The molecule has 0 radical (unpaired) electrons. The standard InChI is InChI=1S/C19H24IN5O3/c1-4-6-8-28-19-13(10-12(20)11-21-19)17-22-15-14(5-2)25(7-9-27-3)24-16(15)18(26)23-17/h10-11H,4-9H2,1-3H3,(H,22,23,26). The Kier molecular flexibility index (Phi) is 7.00. The molecule has 8 nitrogen and oxygen atoms in total. The predicted octanol–water partition coefficient (Wildman–Crippen LogP) is 3.17. The lowest BCUT2D eigenvalue weighted by Crippen LogP contribution is -2.11. The van der Waals surface area contributed by atoms with Gasteiger partial charge in [-0.05, 0) is 41.5 Å². The van der Waals surface area contributed by atoms with Gasteiger partial charge in [-0.15, -0.1) is 0 Å². The lowest BCUT2D eigenvalue weighted by Gasteiger charge is -2.10. The second-order valence-electron chi connectivity index (χ2n) is 6.34. The number of H-pyrrole nitrogens is 1. The van der Waals surface area contributed by atoms with Gasteiger partial charge in [-0.1, -0.05) is 20.3 Å². The van der Waals surface area contributed by atoms with Crippen molar-refractivity contribution in [2.45, 2.75) is 39.7 Å². The van der Waals surface area contributed by atoms with Crippen LogP contribution in [0.25, 0.3) is 22.4 Å². The summed E-state index contributed by atoms with van der Waals surface area (Å²) in [4.78, 5) is 24.7. The minimum Gasteiger partial charge on any atom is -0.477 e. The normalized spacial score (nSPS) is 11.3. The quantitative estimate of drug-likeness (QED) is 0.361. The van der Waals surface area contributed by atoms with Crippen LogP contribution in [-0.2, 0) is 17.7 Å². The van der Waals surface area contributed by atoms with E-state index >= 15 is 0 Å². The molecule has 0 bridgehead atoms.